The van der Waals surface area contributed by atoms with Crippen molar-refractivity contribution in [2.45, 2.75) is 26.4 Å². The molecule has 0 aromatic carbocycles. The summed E-state index contributed by atoms with van der Waals surface area (Å²) in [6, 6.07) is 5.31. The molecule has 1 saturated heterocycles. The van der Waals surface area contributed by atoms with Gasteiger partial charge in [0, 0.05) is 55.8 Å². The summed E-state index contributed by atoms with van der Waals surface area (Å²) < 4.78 is 6.73. The molecule has 0 atom stereocenters. The summed E-state index contributed by atoms with van der Waals surface area (Å²) >= 11 is 0. The van der Waals surface area contributed by atoms with E-state index >= 15 is 0 Å². The van der Waals surface area contributed by atoms with Crippen molar-refractivity contribution >= 4 is 11.9 Å². The van der Waals surface area contributed by atoms with Gasteiger partial charge in [-0.25, -0.2) is 19.4 Å². The fourth-order valence-corrected chi connectivity index (χ4v) is 3.26. The van der Waals surface area contributed by atoms with Crippen molar-refractivity contribution in [1.82, 2.24) is 29.6 Å². The number of pyridine rings is 1. The molecule has 2 N–H and O–H groups in total. The fourth-order valence-electron chi connectivity index (χ4n) is 3.26. The number of rotatable bonds is 5. The molecule has 4 rings (SSSR count). The first-order valence-corrected chi connectivity index (χ1v) is 10.1. The molecule has 0 aliphatic carbocycles. The molecule has 162 valence electrons. The zero-order valence-corrected chi connectivity index (χ0v) is 17.7. The van der Waals surface area contributed by atoms with Crippen molar-refractivity contribution in [3.8, 4) is 16.9 Å². The molecule has 0 radical (unpaired) electrons. The number of aromatic nitrogens is 5. The van der Waals surface area contributed by atoms with Gasteiger partial charge in [-0.1, -0.05) is 6.07 Å². The van der Waals surface area contributed by atoms with Gasteiger partial charge in [-0.05, 0) is 26.8 Å². The Hall–Kier alpha value is -3.69. The molecular weight excluding hydrogens is 398 g/mol. The smallest absolute Gasteiger partial charge is 0.410 e. The maximum Gasteiger partial charge on any atom is 0.410 e. The molecule has 3 aromatic rings. The molecule has 1 amide bonds. The van der Waals surface area contributed by atoms with Crippen LogP contribution in [0.1, 0.15) is 20.8 Å². The quantitative estimate of drug-likeness (QED) is 0.646. The number of carbonyl (C=O) groups excluding carboxylic acids is 1. The summed E-state index contributed by atoms with van der Waals surface area (Å²) in [5.74, 6) is 1.34. The van der Waals surface area contributed by atoms with Crippen LogP contribution in [0.5, 0.6) is 0 Å². The average molecular weight is 423 g/mol. The minimum Gasteiger partial charge on any atom is -0.444 e. The van der Waals surface area contributed by atoms with E-state index < -0.39 is 5.60 Å². The van der Waals surface area contributed by atoms with E-state index in [1.54, 1.807) is 35.6 Å². The first-order chi connectivity index (χ1) is 14.8. The number of H-pyrrole nitrogens is 1. The van der Waals surface area contributed by atoms with E-state index in [4.69, 9.17) is 4.74 Å². The van der Waals surface area contributed by atoms with Crippen LogP contribution in [-0.4, -0.2) is 61.0 Å². The highest BCUT2D eigenvalue weighted by Gasteiger charge is 2.33. The number of anilines is 1. The van der Waals surface area contributed by atoms with Crippen molar-refractivity contribution in [2.24, 2.45) is 5.92 Å². The number of nitrogens with one attached hydrogen (secondary N) is 2. The number of hydrogen-bond acceptors (Lipinski definition) is 7. The molecule has 0 saturated carbocycles. The van der Waals surface area contributed by atoms with Crippen LogP contribution in [0.2, 0.25) is 0 Å². The number of likely N-dealkylation sites (tertiary alicyclic amines) is 1. The predicted molar refractivity (Wildman–Crippen MR) is 115 cm³/mol. The first kappa shape index (κ1) is 20.6. The SMILES string of the molecule is CC(C)(C)OC(=O)N1CC(CNc2cc(-n3[nH]cc(-c4cccnc4)c3=O)ncn2)C1. The van der Waals surface area contributed by atoms with Gasteiger partial charge >= 0.3 is 6.09 Å². The number of carbonyl (C=O) groups is 1. The van der Waals surface area contributed by atoms with Crippen LogP contribution in [0.4, 0.5) is 10.6 Å². The second-order valence-corrected chi connectivity index (χ2v) is 8.46. The highest BCUT2D eigenvalue weighted by atomic mass is 16.6. The van der Waals surface area contributed by atoms with Gasteiger partial charge in [0.15, 0.2) is 5.82 Å². The Morgan fingerprint density at radius 1 is 1.32 bits per heavy atom. The molecule has 4 heterocycles. The summed E-state index contributed by atoms with van der Waals surface area (Å²) in [6.07, 6.45) is 6.05. The monoisotopic (exact) mass is 423 g/mol. The van der Waals surface area contributed by atoms with Gasteiger partial charge in [-0.2, -0.15) is 0 Å². The molecule has 1 aliphatic heterocycles. The summed E-state index contributed by atoms with van der Waals surface area (Å²) in [7, 11) is 0. The molecule has 10 nitrogen and oxygen atoms in total. The van der Waals surface area contributed by atoms with Crippen LogP contribution >= 0.6 is 0 Å². The maximum atomic E-state index is 12.8. The highest BCUT2D eigenvalue weighted by molar-refractivity contribution is 5.69. The maximum absolute atomic E-state index is 12.8. The zero-order valence-electron chi connectivity index (χ0n) is 17.7. The minimum absolute atomic E-state index is 0.218. The number of hydrogen-bond donors (Lipinski definition) is 2. The zero-order chi connectivity index (χ0) is 22.0. The standard InChI is InChI=1S/C21H25N7O3/c1-21(2,3)31-20(30)27-11-14(12-27)8-23-17-7-18(25-13-24-17)28-19(29)16(10-26-28)15-5-4-6-22-9-15/h4-7,9-10,13-14,26H,8,11-12H2,1-3H3,(H,23,24,25). The van der Waals surface area contributed by atoms with E-state index in [9.17, 15) is 9.59 Å². The van der Waals surface area contributed by atoms with Crippen LogP contribution in [0.3, 0.4) is 0 Å². The topological polar surface area (TPSA) is 118 Å². The molecule has 1 fully saturated rings. The molecule has 31 heavy (non-hydrogen) atoms. The van der Waals surface area contributed by atoms with Gasteiger partial charge in [0.25, 0.3) is 5.56 Å². The van der Waals surface area contributed by atoms with E-state index in [2.05, 4.69) is 25.4 Å². The molecule has 0 unspecified atom stereocenters. The van der Waals surface area contributed by atoms with E-state index in [1.165, 1.54) is 11.0 Å². The lowest BCUT2D eigenvalue weighted by Crippen LogP contribution is -2.53. The minimum atomic E-state index is -0.495. The van der Waals surface area contributed by atoms with Crippen LogP contribution in [-0.2, 0) is 4.74 Å². The Morgan fingerprint density at radius 2 is 2.13 bits per heavy atom. The van der Waals surface area contributed by atoms with Crippen molar-refractivity contribution in [1.29, 1.82) is 0 Å². The number of aromatic amines is 1. The third kappa shape index (κ3) is 4.73. The fraction of sp³-hybridized carbons (Fsp3) is 0.381. The first-order valence-electron chi connectivity index (χ1n) is 10.1. The Labute approximate surface area is 179 Å². The van der Waals surface area contributed by atoms with Crippen LogP contribution in [0.25, 0.3) is 16.9 Å². The van der Waals surface area contributed by atoms with Crippen molar-refractivity contribution in [3.05, 3.63) is 53.5 Å². The predicted octanol–water partition coefficient (Wildman–Crippen LogP) is 2.30. The van der Waals surface area contributed by atoms with Crippen LogP contribution in [0.15, 0.2) is 47.9 Å². The Kier molecular flexibility index (Phi) is 5.45. The van der Waals surface area contributed by atoms with Gasteiger partial charge in [0.05, 0.1) is 5.56 Å². The van der Waals surface area contributed by atoms with Gasteiger partial charge in [0.1, 0.15) is 17.7 Å². The van der Waals surface area contributed by atoms with Gasteiger partial charge < -0.3 is 15.0 Å². The molecule has 0 spiro atoms. The Bertz CT molecular complexity index is 1110. The Balaban J connectivity index is 1.37. The van der Waals surface area contributed by atoms with Crippen molar-refractivity contribution in [3.63, 3.8) is 0 Å². The van der Waals surface area contributed by atoms with Crippen LogP contribution < -0.4 is 10.9 Å². The van der Waals surface area contributed by atoms with Crippen molar-refractivity contribution in [2.75, 3.05) is 25.0 Å². The van der Waals surface area contributed by atoms with Crippen LogP contribution in [0, 0.1) is 5.92 Å². The number of amides is 1. The molecule has 1 aliphatic rings. The van der Waals surface area contributed by atoms with Gasteiger partial charge in [-0.15, -0.1) is 0 Å². The summed E-state index contributed by atoms with van der Waals surface area (Å²) in [5, 5.41) is 6.19. The van der Waals surface area contributed by atoms with Crippen molar-refractivity contribution < 1.29 is 9.53 Å². The normalized spacial score (nSPS) is 14.2. The van der Waals surface area contributed by atoms with E-state index in [0.29, 0.717) is 42.8 Å². The second-order valence-electron chi connectivity index (χ2n) is 8.46. The lowest BCUT2D eigenvalue weighted by atomic mass is 10.0. The second kappa shape index (κ2) is 8.21. The summed E-state index contributed by atoms with van der Waals surface area (Å²) in [4.78, 5) is 39.0. The van der Waals surface area contributed by atoms with E-state index in [0.717, 1.165) is 5.56 Å². The molecule has 0 bridgehead atoms. The van der Waals surface area contributed by atoms with Gasteiger partial charge in [0.2, 0.25) is 0 Å². The highest BCUT2D eigenvalue weighted by Crippen LogP contribution is 2.20. The van der Waals surface area contributed by atoms with E-state index in [1.807, 2.05) is 26.8 Å². The number of nitrogens with zero attached hydrogens (tertiary/aromatic N) is 5. The van der Waals surface area contributed by atoms with Gasteiger partial charge in [-0.3, -0.25) is 14.9 Å². The lowest BCUT2D eigenvalue weighted by molar-refractivity contribution is 0.000839. The Morgan fingerprint density at radius 3 is 2.84 bits per heavy atom. The summed E-state index contributed by atoms with van der Waals surface area (Å²) in [5.41, 5.74) is 0.530. The largest absolute Gasteiger partial charge is 0.444 e. The lowest BCUT2D eigenvalue weighted by Gasteiger charge is -2.39. The molecular formula is C21H25N7O3. The number of ether oxygens (including phenoxy) is 1. The third-order valence-corrected chi connectivity index (χ3v) is 4.81. The average Bonchev–Trinajstić information content (AvgIpc) is 3.07. The van der Waals surface area contributed by atoms with E-state index in [-0.39, 0.29) is 11.7 Å². The summed E-state index contributed by atoms with van der Waals surface area (Å²) in [6.45, 7) is 7.47. The third-order valence-electron chi connectivity index (χ3n) is 4.81. The molecule has 10 heteroatoms. The molecule has 3 aromatic heterocycles.